The van der Waals surface area contributed by atoms with Gasteiger partial charge in [-0.05, 0) is 61.7 Å². The average molecular weight is 509 g/mol. The van der Waals surface area contributed by atoms with Crippen LogP contribution in [0.15, 0.2) is 72.3 Å². The summed E-state index contributed by atoms with van der Waals surface area (Å²) in [6, 6.07) is 21.9. The van der Waals surface area contributed by atoms with Crippen LogP contribution in [0.1, 0.15) is 43.1 Å². The Morgan fingerprint density at radius 1 is 0.833 bits per heavy atom. The van der Waals surface area contributed by atoms with Crippen LogP contribution in [0.3, 0.4) is 0 Å². The lowest BCUT2D eigenvalue weighted by molar-refractivity contribution is 0.0990. The highest BCUT2D eigenvalue weighted by atomic mass is 35.5. The number of hydrogen-bond acceptors (Lipinski definition) is 4. The molecule has 0 saturated carbocycles. The number of nitrogens with zero attached hydrogens (tertiary/aromatic N) is 2. The van der Waals surface area contributed by atoms with Gasteiger partial charge in [-0.2, -0.15) is 0 Å². The third-order valence-corrected chi connectivity index (χ3v) is 8.48. The molecule has 0 bridgehead atoms. The van der Waals surface area contributed by atoms with E-state index >= 15 is 0 Å². The lowest BCUT2D eigenvalue weighted by atomic mass is 9.95. The Morgan fingerprint density at radius 2 is 1.44 bits per heavy atom. The third-order valence-electron chi connectivity index (χ3n) is 6.88. The monoisotopic (exact) mass is 508 g/mol. The first kappa shape index (κ1) is 22.7. The Labute approximate surface area is 217 Å². The topological polar surface area (TPSA) is 52.0 Å². The third kappa shape index (κ3) is 3.31. The highest BCUT2D eigenvalue weighted by molar-refractivity contribution is 7.21. The first-order chi connectivity index (χ1) is 17.4. The molecule has 0 fully saturated rings. The number of para-hydroxylation sites is 1. The van der Waals surface area contributed by atoms with Gasteiger partial charge in [-0.3, -0.25) is 14.2 Å². The van der Waals surface area contributed by atoms with Crippen molar-refractivity contribution in [3.8, 4) is 16.3 Å². The van der Waals surface area contributed by atoms with Crippen molar-refractivity contribution in [2.24, 2.45) is 0 Å². The van der Waals surface area contributed by atoms with Crippen molar-refractivity contribution in [3.05, 3.63) is 111 Å². The minimum absolute atomic E-state index is 0.156. The van der Waals surface area contributed by atoms with Crippen LogP contribution in [-0.4, -0.2) is 21.1 Å². The maximum atomic E-state index is 13.5. The molecule has 0 N–H and O–H groups in total. The van der Waals surface area contributed by atoms with E-state index in [1.807, 2.05) is 85.1 Å². The van der Waals surface area contributed by atoms with Crippen molar-refractivity contribution in [2.45, 2.75) is 20.8 Å². The number of ketones is 2. The number of carbonyl (C=O) groups is 2. The quantitative estimate of drug-likeness (QED) is 0.184. The fourth-order valence-electron chi connectivity index (χ4n) is 4.90. The van der Waals surface area contributed by atoms with Crippen LogP contribution in [0.5, 0.6) is 0 Å². The van der Waals surface area contributed by atoms with Crippen molar-refractivity contribution in [2.75, 3.05) is 0 Å². The first-order valence-corrected chi connectivity index (χ1v) is 12.8. The minimum Gasteiger partial charge on any atom is -0.294 e. The van der Waals surface area contributed by atoms with Crippen molar-refractivity contribution in [1.82, 2.24) is 9.55 Å². The summed E-state index contributed by atoms with van der Waals surface area (Å²) in [4.78, 5) is 32.0. The summed E-state index contributed by atoms with van der Waals surface area (Å²) in [5, 5.41) is 1.46. The van der Waals surface area contributed by atoms with Gasteiger partial charge in [0.25, 0.3) is 0 Å². The number of hydrogen-bond donors (Lipinski definition) is 0. The number of fused-ring (bicyclic) bond motifs is 2. The molecule has 3 aromatic carbocycles. The molecular weight excluding hydrogens is 488 g/mol. The highest BCUT2D eigenvalue weighted by Gasteiger charge is 2.38. The predicted molar refractivity (Wildman–Crippen MR) is 147 cm³/mol. The van der Waals surface area contributed by atoms with Crippen LogP contribution >= 0.6 is 22.9 Å². The fourth-order valence-corrected chi connectivity index (χ4v) is 6.13. The standard InChI is InChI=1S/C30H21ClN2O2S/c1-16-17(2)26(31)18(3)25-24(16)27(34)22(28(25)35)14-21-15-23-29(33(21)20-12-8-5-9-13-20)32-30(36-23)19-10-6-4-7-11-19/h4-15H,1-3H3/b22-14-. The molecule has 4 nitrogen and oxygen atoms in total. The molecule has 1 aliphatic rings. The van der Waals surface area contributed by atoms with E-state index in [4.69, 9.17) is 16.6 Å². The number of halogens is 1. The molecule has 0 atom stereocenters. The summed E-state index contributed by atoms with van der Waals surface area (Å²) in [6.45, 7) is 5.54. The summed E-state index contributed by atoms with van der Waals surface area (Å²) in [5.74, 6) is -0.530. The van der Waals surface area contributed by atoms with E-state index in [1.54, 1.807) is 24.3 Å². The van der Waals surface area contributed by atoms with Gasteiger partial charge in [0.1, 0.15) is 5.01 Å². The summed E-state index contributed by atoms with van der Waals surface area (Å²) >= 11 is 8.09. The maximum absolute atomic E-state index is 13.5. The molecule has 5 aromatic rings. The lowest BCUT2D eigenvalue weighted by Crippen LogP contribution is -2.03. The molecule has 1 aliphatic carbocycles. The Hall–Kier alpha value is -3.80. The van der Waals surface area contributed by atoms with Crippen LogP contribution < -0.4 is 0 Å². The second kappa shape index (κ2) is 8.40. The van der Waals surface area contributed by atoms with Gasteiger partial charge in [-0.15, -0.1) is 11.3 Å². The van der Waals surface area contributed by atoms with E-state index in [0.29, 0.717) is 21.7 Å². The number of thiazole rings is 1. The number of allylic oxidation sites excluding steroid dienone is 1. The van der Waals surface area contributed by atoms with Gasteiger partial charge in [0.15, 0.2) is 17.2 Å². The lowest BCUT2D eigenvalue weighted by Gasteiger charge is -2.11. The second-order valence-corrected chi connectivity index (χ2v) is 10.4. The molecule has 176 valence electrons. The Balaban J connectivity index is 1.56. The molecule has 0 spiro atoms. The Kier molecular flexibility index (Phi) is 5.29. The molecule has 0 radical (unpaired) electrons. The van der Waals surface area contributed by atoms with E-state index in [2.05, 4.69) is 0 Å². The molecule has 6 rings (SSSR count). The molecule has 6 heteroatoms. The van der Waals surface area contributed by atoms with E-state index in [-0.39, 0.29) is 17.1 Å². The highest BCUT2D eigenvalue weighted by Crippen LogP contribution is 2.40. The van der Waals surface area contributed by atoms with Crippen molar-refractivity contribution >= 4 is 50.9 Å². The second-order valence-electron chi connectivity index (χ2n) is 8.97. The largest absolute Gasteiger partial charge is 0.294 e. The van der Waals surface area contributed by atoms with Crippen LogP contribution in [0, 0.1) is 20.8 Å². The van der Waals surface area contributed by atoms with E-state index < -0.39 is 0 Å². The zero-order chi connectivity index (χ0) is 25.1. The van der Waals surface area contributed by atoms with E-state index in [0.717, 1.165) is 43.4 Å². The van der Waals surface area contributed by atoms with Crippen LogP contribution in [0.4, 0.5) is 0 Å². The van der Waals surface area contributed by atoms with E-state index in [1.165, 1.54) is 0 Å². The zero-order valence-corrected chi connectivity index (χ0v) is 21.5. The van der Waals surface area contributed by atoms with Gasteiger partial charge in [0.2, 0.25) is 0 Å². The van der Waals surface area contributed by atoms with Gasteiger partial charge >= 0.3 is 0 Å². The zero-order valence-electron chi connectivity index (χ0n) is 19.9. The summed E-state index contributed by atoms with van der Waals surface area (Å²) in [6.07, 6.45) is 1.70. The Bertz CT molecular complexity index is 1700. The Morgan fingerprint density at radius 3 is 2.11 bits per heavy atom. The van der Waals surface area contributed by atoms with Crippen molar-refractivity contribution < 1.29 is 9.59 Å². The number of carbonyl (C=O) groups excluding carboxylic acids is 2. The van der Waals surface area contributed by atoms with Crippen LogP contribution in [0.25, 0.3) is 32.7 Å². The van der Waals surface area contributed by atoms with Gasteiger partial charge in [0.05, 0.1) is 16.0 Å². The maximum Gasteiger partial charge on any atom is 0.198 e. The molecule has 2 heterocycles. The van der Waals surface area contributed by atoms with Gasteiger partial charge in [-0.1, -0.05) is 60.1 Å². The van der Waals surface area contributed by atoms with E-state index in [9.17, 15) is 9.59 Å². The molecular formula is C30H21ClN2O2S. The molecule has 0 amide bonds. The fraction of sp³-hybridized carbons (Fsp3) is 0.100. The normalized spacial score (nSPS) is 14.3. The summed E-state index contributed by atoms with van der Waals surface area (Å²) < 4.78 is 2.98. The molecule has 0 aliphatic heterocycles. The summed E-state index contributed by atoms with van der Waals surface area (Å²) in [7, 11) is 0. The van der Waals surface area contributed by atoms with Crippen LogP contribution in [-0.2, 0) is 0 Å². The van der Waals surface area contributed by atoms with Gasteiger partial charge < -0.3 is 0 Å². The van der Waals surface area contributed by atoms with Gasteiger partial charge in [-0.25, -0.2) is 4.98 Å². The average Bonchev–Trinajstić information content (AvgIpc) is 3.53. The molecule has 2 aromatic heterocycles. The van der Waals surface area contributed by atoms with Crippen molar-refractivity contribution in [3.63, 3.8) is 0 Å². The number of rotatable bonds is 3. The minimum atomic E-state index is -0.278. The molecule has 0 unspecified atom stereocenters. The number of Topliss-reactive ketones (excluding diaryl/α,β-unsaturated/α-hetero) is 2. The molecule has 36 heavy (non-hydrogen) atoms. The SMILES string of the molecule is Cc1c(C)c2c(c(C)c1Cl)C(=O)/C(=C\c1cc3sc(-c4ccccc4)nc3n1-c1ccccc1)C2=O. The smallest absolute Gasteiger partial charge is 0.198 e. The number of benzene rings is 3. The summed E-state index contributed by atoms with van der Waals surface area (Å²) in [5.41, 5.74) is 6.78. The van der Waals surface area contributed by atoms with Crippen molar-refractivity contribution in [1.29, 1.82) is 0 Å². The van der Waals surface area contributed by atoms with Crippen LogP contribution in [0.2, 0.25) is 5.02 Å². The van der Waals surface area contributed by atoms with Gasteiger partial charge in [0, 0.05) is 27.4 Å². The molecule has 0 saturated heterocycles. The first-order valence-electron chi connectivity index (χ1n) is 11.6. The predicted octanol–water partition coefficient (Wildman–Crippen LogP) is 7.80. The number of aromatic nitrogens is 2.